The van der Waals surface area contributed by atoms with Crippen LogP contribution in [0.1, 0.15) is 77.0 Å². The van der Waals surface area contributed by atoms with Crippen LogP contribution < -0.4 is 10.6 Å². The molecule has 1 heterocycles. The minimum atomic E-state index is -1.87. The standard InChI is InChI=1S/C29H43O3P/c30-29(31)20-14-6-4-2-1-3-5-7-15-25-33(26-16-10-8-11-17-26,27-18-12-9-13-19-27)28-21-23-32-24-22-28/h8-13,16-19,28,33H,1-7,14-15,20-25H2,(H,30,31). The number of unbranched alkanes of at least 4 members (excludes halogenated alkanes) is 8. The zero-order valence-corrected chi connectivity index (χ0v) is 21.2. The normalized spacial score (nSPS) is 15.4. The van der Waals surface area contributed by atoms with E-state index in [-0.39, 0.29) is 0 Å². The van der Waals surface area contributed by atoms with Gasteiger partial charge < -0.3 is 5.11 Å². The Kier molecular flexibility index (Phi) is 11.4. The molecule has 0 aromatic heterocycles. The summed E-state index contributed by atoms with van der Waals surface area (Å²) in [4.78, 5) is 10.6. The molecule has 3 rings (SSSR count). The average molecular weight is 471 g/mol. The van der Waals surface area contributed by atoms with E-state index < -0.39 is 13.2 Å². The Morgan fingerprint density at radius 3 is 1.67 bits per heavy atom. The van der Waals surface area contributed by atoms with E-state index in [9.17, 15) is 4.79 Å². The molecule has 0 bridgehead atoms. The first-order chi connectivity index (χ1) is 16.2. The fourth-order valence-corrected chi connectivity index (χ4v) is 11.6. The van der Waals surface area contributed by atoms with Crippen molar-refractivity contribution in [1.29, 1.82) is 0 Å². The molecule has 2 aromatic carbocycles. The number of carboxylic acid groups (broad SMARTS) is 1. The van der Waals surface area contributed by atoms with Crippen molar-refractivity contribution < 1.29 is 14.6 Å². The molecule has 1 saturated heterocycles. The van der Waals surface area contributed by atoms with Crippen LogP contribution in [-0.4, -0.2) is 36.1 Å². The fraction of sp³-hybridized carbons (Fsp3) is 0.552. The summed E-state index contributed by atoms with van der Waals surface area (Å²) in [6.45, 7) is 1.82. The van der Waals surface area contributed by atoms with E-state index in [0.29, 0.717) is 6.42 Å². The Balaban J connectivity index is 1.56. The second kappa shape index (κ2) is 14.5. The molecule has 0 aliphatic carbocycles. The number of rotatable bonds is 15. The molecule has 4 heteroatoms. The van der Waals surface area contributed by atoms with Crippen molar-refractivity contribution in [2.75, 3.05) is 19.4 Å². The number of carboxylic acids is 1. The van der Waals surface area contributed by atoms with Crippen molar-refractivity contribution in [2.24, 2.45) is 0 Å². The van der Waals surface area contributed by atoms with E-state index in [2.05, 4.69) is 60.7 Å². The van der Waals surface area contributed by atoms with Gasteiger partial charge in [-0.3, -0.25) is 4.79 Å². The van der Waals surface area contributed by atoms with Gasteiger partial charge in [0, 0.05) is 0 Å². The maximum atomic E-state index is 10.6. The van der Waals surface area contributed by atoms with E-state index in [4.69, 9.17) is 9.84 Å². The monoisotopic (exact) mass is 470 g/mol. The van der Waals surface area contributed by atoms with Gasteiger partial charge in [0.05, 0.1) is 0 Å². The van der Waals surface area contributed by atoms with Crippen molar-refractivity contribution in [2.45, 2.75) is 82.7 Å². The van der Waals surface area contributed by atoms with Crippen molar-refractivity contribution in [3.63, 3.8) is 0 Å². The van der Waals surface area contributed by atoms with Gasteiger partial charge in [-0.05, 0) is 0 Å². The molecule has 0 amide bonds. The fourth-order valence-electron chi connectivity index (χ4n) is 5.71. The molecule has 3 nitrogen and oxygen atoms in total. The number of aliphatic carboxylic acids is 1. The number of carbonyl (C=O) groups is 1. The predicted octanol–water partition coefficient (Wildman–Crippen LogP) is 6.55. The summed E-state index contributed by atoms with van der Waals surface area (Å²) in [6.07, 6.45) is 14.9. The molecule has 182 valence electrons. The second-order valence-electron chi connectivity index (χ2n) is 9.67. The first-order valence-corrected chi connectivity index (χ1v) is 15.4. The number of ether oxygens (including phenoxy) is 1. The second-order valence-corrected chi connectivity index (χ2v) is 14.1. The van der Waals surface area contributed by atoms with Crippen LogP contribution in [0.4, 0.5) is 0 Å². The van der Waals surface area contributed by atoms with Crippen LogP contribution in [0.25, 0.3) is 0 Å². The van der Waals surface area contributed by atoms with Crippen LogP contribution >= 0.6 is 7.26 Å². The Labute approximate surface area is 201 Å². The first-order valence-electron chi connectivity index (χ1n) is 13.1. The molecule has 0 spiro atoms. The Morgan fingerprint density at radius 1 is 0.727 bits per heavy atom. The summed E-state index contributed by atoms with van der Waals surface area (Å²) in [7, 11) is -1.87. The Hall–Kier alpha value is -1.70. The topological polar surface area (TPSA) is 46.5 Å². The summed E-state index contributed by atoms with van der Waals surface area (Å²) in [5, 5.41) is 11.9. The van der Waals surface area contributed by atoms with Crippen LogP contribution in [0.3, 0.4) is 0 Å². The zero-order valence-electron chi connectivity index (χ0n) is 20.2. The third-order valence-corrected chi connectivity index (χ3v) is 13.3. The van der Waals surface area contributed by atoms with Gasteiger partial charge in [0.25, 0.3) is 0 Å². The molecule has 0 saturated carbocycles. The maximum absolute atomic E-state index is 10.6. The van der Waals surface area contributed by atoms with Crippen molar-refractivity contribution in [3.8, 4) is 0 Å². The first kappa shape index (κ1) is 25.9. The Bertz CT molecular complexity index is 748. The SMILES string of the molecule is O=C(O)CCCCCCCCCCC[PH](c1ccccc1)(c1ccccc1)C1CCOCC1. The molecule has 1 aliphatic heterocycles. The molecule has 0 radical (unpaired) electrons. The predicted molar refractivity (Wildman–Crippen MR) is 143 cm³/mol. The molecule has 0 unspecified atom stereocenters. The summed E-state index contributed by atoms with van der Waals surface area (Å²) in [6, 6.07) is 22.8. The third kappa shape index (κ3) is 7.94. The molecule has 2 aromatic rings. The van der Waals surface area contributed by atoms with Gasteiger partial charge in [-0.25, -0.2) is 0 Å². The van der Waals surface area contributed by atoms with Crippen LogP contribution in [0.5, 0.6) is 0 Å². The van der Waals surface area contributed by atoms with Crippen LogP contribution in [0, 0.1) is 0 Å². The van der Waals surface area contributed by atoms with Crippen molar-refractivity contribution >= 4 is 23.8 Å². The molecule has 1 fully saturated rings. The number of hydrogen-bond donors (Lipinski definition) is 1. The molecule has 1 aliphatic rings. The van der Waals surface area contributed by atoms with Gasteiger partial charge >= 0.3 is 191 Å². The number of hydrogen-bond acceptors (Lipinski definition) is 2. The van der Waals surface area contributed by atoms with Gasteiger partial charge in [-0.2, -0.15) is 0 Å². The third-order valence-electron chi connectivity index (χ3n) is 7.46. The summed E-state index contributed by atoms with van der Waals surface area (Å²) in [5.74, 6) is -0.665. The van der Waals surface area contributed by atoms with E-state index in [1.165, 1.54) is 63.9 Å². The quantitative estimate of drug-likeness (QED) is 0.237. The van der Waals surface area contributed by atoms with E-state index in [1.54, 1.807) is 10.6 Å². The summed E-state index contributed by atoms with van der Waals surface area (Å²) >= 11 is 0. The van der Waals surface area contributed by atoms with E-state index in [0.717, 1.165) is 31.7 Å². The minimum absolute atomic E-state index is 0.321. The summed E-state index contributed by atoms with van der Waals surface area (Å²) < 4.78 is 5.78. The molecule has 1 N–H and O–H groups in total. The Morgan fingerprint density at radius 2 is 1.18 bits per heavy atom. The van der Waals surface area contributed by atoms with Gasteiger partial charge in [0.2, 0.25) is 0 Å². The zero-order chi connectivity index (χ0) is 23.2. The number of benzene rings is 2. The molecular formula is C29H43O3P. The molecular weight excluding hydrogens is 427 g/mol. The van der Waals surface area contributed by atoms with Crippen molar-refractivity contribution in [1.82, 2.24) is 0 Å². The van der Waals surface area contributed by atoms with Crippen LogP contribution in [0.2, 0.25) is 0 Å². The summed E-state index contributed by atoms with van der Waals surface area (Å²) in [5.41, 5.74) is 0.752. The van der Waals surface area contributed by atoms with E-state index in [1.807, 2.05) is 0 Å². The van der Waals surface area contributed by atoms with Gasteiger partial charge in [-0.15, -0.1) is 0 Å². The van der Waals surface area contributed by atoms with Crippen molar-refractivity contribution in [3.05, 3.63) is 60.7 Å². The van der Waals surface area contributed by atoms with Gasteiger partial charge in [0.1, 0.15) is 0 Å². The van der Waals surface area contributed by atoms with Crippen LogP contribution in [0.15, 0.2) is 60.7 Å². The average Bonchev–Trinajstić information content (AvgIpc) is 2.86. The molecule has 0 atom stereocenters. The molecule has 33 heavy (non-hydrogen) atoms. The van der Waals surface area contributed by atoms with Gasteiger partial charge in [0.15, 0.2) is 0 Å². The van der Waals surface area contributed by atoms with E-state index >= 15 is 0 Å². The van der Waals surface area contributed by atoms with Gasteiger partial charge in [-0.1, -0.05) is 0 Å². The van der Waals surface area contributed by atoms with Crippen LogP contribution in [-0.2, 0) is 9.53 Å².